The highest BCUT2D eigenvalue weighted by Gasteiger charge is 2.22. The molecule has 5 heteroatoms. The second-order valence-electron chi connectivity index (χ2n) is 4.81. The molecule has 1 aliphatic rings. The Bertz CT molecular complexity index is 461. The summed E-state index contributed by atoms with van der Waals surface area (Å²) < 4.78 is 13.8. The Labute approximate surface area is 125 Å². The molecule has 19 heavy (non-hydrogen) atoms. The second-order valence-corrected chi connectivity index (χ2v) is 6.80. The molecule has 2 nitrogen and oxygen atoms in total. The number of carbonyl (C=O) groups excluding carboxylic acids is 1. The van der Waals surface area contributed by atoms with Crippen molar-refractivity contribution in [2.45, 2.75) is 37.0 Å². The maximum Gasteiger partial charge on any atom is 0.252 e. The molecule has 1 saturated carbocycles. The summed E-state index contributed by atoms with van der Waals surface area (Å²) in [4.78, 5) is 12.1. The van der Waals surface area contributed by atoms with Gasteiger partial charge < -0.3 is 5.32 Å². The van der Waals surface area contributed by atoms with Crippen LogP contribution in [0.15, 0.2) is 22.7 Å². The van der Waals surface area contributed by atoms with Crippen LogP contribution in [0, 0.1) is 5.82 Å². The van der Waals surface area contributed by atoms with Gasteiger partial charge in [-0.1, -0.05) is 0 Å². The molecule has 1 aromatic carbocycles. The molecular formula is C14H17BrFNOS. The van der Waals surface area contributed by atoms with Gasteiger partial charge in [-0.25, -0.2) is 4.39 Å². The van der Waals surface area contributed by atoms with Crippen molar-refractivity contribution in [1.29, 1.82) is 0 Å². The monoisotopic (exact) mass is 345 g/mol. The van der Waals surface area contributed by atoms with E-state index in [0.29, 0.717) is 15.3 Å². The van der Waals surface area contributed by atoms with Crippen molar-refractivity contribution in [3.63, 3.8) is 0 Å². The largest absolute Gasteiger partial charge is 0.349 e. The SMILES string of the molecule is CSC1CCC(NC(=O)c2cc(F)ccc2Br)CC1. The average molecular weight is 346 g/mol. The smallest absolute Gasteiger partial charge is 0.252 e. The van der Waals surface area contributed by atoms with Gasteiger partial charge in [0.25, 0.3) is 5.91 Å². The molecule has 1 N–H and O–H groups in total. The van der Waals surface area contributed by atoms with Gasteiger partial charge in [0.1, 0.15) is 5.82 Å². The Morgan fingerprint density at radius 3 is 2.68 bits per heavy atom. The Balaban J connectivity index is 1.96. The first-order chi connectivity index (χ1) is 9.10. The second kappa shape index (κ2) is 6.75. The highest BCUT2D eigenvalue weighted by atomic mass is 79.9. The van der Waals surface area contributed by atoms with Gasteiger partial charge in [0.15, 0.2) is 0 Å². The number of rotatable bonds is 3. The fourth-order valence-electron chi connectivity index (χ4n) is 2.38. The van der Waals surface area contributed by atoms with Crippen molar-refractivity contribution in [2.24, 2.45) is 0 Å². The average Bonchev–Trinajstić information content (AvgIpc) is 2.42. The van der Waals surface area contributed by atoms with Crippen LogP contribution in [0.4, 0.5) is 4.39 Å². The summed E-state index contributed by atoms with van der Waals surface area (Å²) in [5.41, 5.74) is 0.368. The standard InChI is InChI=1S/C14H17BrFNOS/c1-19-11-5-3-10(4-6-11)17-14(18)12-8-9(16)2-7-13(12)15/h2,7-8,10-11H,3-6H2,1H3,(H,17,18). The molecule has 104 valence electrons. The summed E-state index contributed by atoms with van der Waals surface area (Å²) in [6.07, 6.45) is 6.41. The van der Waals surface area contributed by atoms with E-state index in [1.165, 1.54) is 12.1 Å². The van der Waals surface area contributed by atoms with Crippen LogP contribution in [0.25, 0.3) is 0 Å². The maximum absolute atomic E-state index is 13.2. The van der Waals surface area contributed by atoms with Crippen molar-refractivity contribution in [3.8, 4) is 0 Å². The van der Waals surface area contributed by atoms with Gasteiger partial charge in [-0.05, 0) is 66.1 Å². The third kappa shape index (κ3) is 3.96. The number of carbonyl (C=O) groups is 1. The Kier molecular flexibility index (Phi) is 5.28. The minimum Gasteiger partial charge on any atom is -0.349 e. The van der Waals surface area contributed by atoms with E-state index in [0.717, 1.165) is 25.7 Å². The number of benzene rings is 1. The van der Waals surface area contributed by atoms with Gasteiger partial charge in [0, 0.05) is 15.8 Å². The van der Waals surface area contributed by atoms with E-state index in [1.807, 2.05) is 11.8 Å². The van der Waals surface area contributed by atoms with Crippen molar-refractivity contribution in [2.75, 3.05) is 6.26 Å². The summed E-state index contributed by atoms with van der Waals surface area (Å²) in [6.45, 7) is 0. The number of amides is 1. The van der Waals surface area contributed by atoms with E-state index in [1.54, 1.807) is 6.07 Å². The topological polar surface area (TPSA) is 29.1 Å². The molecule has 0 saturated heterocycles. The fraction of sp³-hybridized carbons (Fsp3) is 0.500. The Morgan fingerprint density at radius 2 is 2.05 bits per heavy atom. The molecule has 1 fully saturated rings. The summed E-state index contributed by atoms with van der Waals surface area (Å²) in [5.74, 6) is -0.585. The van der Waals surface area contributed by atoms with Crippen LogP contribution < -0.4 is 5.32 Å². The molecule has 2 rings (SSSR count). The third-order valence-electron chi connectivity index (χ3n) is 3.52. The quantitative estimate of drug-likeness (QED) is 0.897. The highest BCUT2D eigenvalue weighted by Crippen LogP contribution is 2.27. The van der Waals surface area contributed by atoms with E-state index < -0.39 is 0 Å². The zero-order chi connectivity index (χ0) is 13.8. The summed E-state index contributed by atoms with van der Waals surface area (Å²) >= 11 is 5.18. The first kappa shape index (κ1) is 14.9. The van der Waals surface area contributed by atoms with E-state index in [-0.39, 0.29) is 17.8 Å². The minimum atomic E-state index is -0.389. The lowest BCUT2D eigenvalue weighted by Crippen LogP contribution is -2.38. The van der Waals surface area contributed by atoms with Crippen LogP contribution in [0.1, 0.15) is 36.0 Å². The lowest BCUT2D eigenvalue weighted by molar-refractivity contribution is 0.0927. The van der Waals surface area contributed by atoms with E-state index in [4.69, 9.17) is 0 Å². The first-order valence-electron chi connectivity index (χ1n) is 6.39. The summed E-state index contributed by atoms with van der Waals surface area (Å²) in [5, 5.41) is 3.72. The lowest BCUT2D eigenvalue weighted by Gasteiger charge is -2.28. The van der Waals surface area contributed by atoms with Gasteiger partial charge in [0.05, 0.1) is 5.56 Å². The van der Waals surface area contributed by atoms with E-state index in [2.05, 4.69) is 27.5 Å². The van der Waals surface area contributed by atoms with Crippen molar-refractivity contribution >= 4 is 33.6 Å². The van der Waals surface area contributed by atoms with Crippen molar-refractivity contribution < 1.29 is 9.18 Å². The number of hydrogen-bond donors (Lipinski definition) is 1. The molecule has 1 aliphatic carbocycles. The van der Waals surface area contributed by atoms with Gasteiger partial charge in [0.2, 0.25) is 0 Å². The van der Waals surface area contributed by atoms with Crippen LogP contribution in [-0.2, 0) is 0 Å². The zero-order valence-corrected chi connectivity index (χ0v) is 13.2. The number of halogens is 2. The molecule has 0 bridgehead atoms. The molecule has 0 heterocycles. The summed E-state index contributed by atoms with van der Waals surface area (Å²) in [6, 6.07) is 4.39. The van der Waals surface area contributed by atoms with Crippen LogP contribution >= 0.6 is 27.7 Å². The van der Waals surface area contributed by atoms with Crippen LogP contribution in [0.2, 0.25) is 0 Å². The van der Waals surface area contributed by atoms with Crippen molar-refractivity contribution in [3.05, 3.63) is 34.1 Å². The lowest BCUT2D eigenvalue weighted by atomic mass is 9.94. The molecule has 0 aromatic heterocycles. The van der Waals surface area contributed by atoms with Crippen LogP contribution in [-0.4, -0.2) is 23.5 Å². The maximum atomic E-state index is 13.2. The molecule has 0 aliphatic heterocycles. The predicted octanol–water partition coefficient (Wildman–Crippen LogP) is 3.99. The minimum absolute atomic E-state index is 0.195. The number of thioether (sulfide) groups is 1. The zero-order valence-electron chi connectivity index (χ0n) is 10.8. The Morgan fingerprint density at radius 1 is 1.37 bits per heavy atom. The van der Waals surface area contributed by atoms with Gasteiger partial charge >= 0.3 is 0 Å². The fourth-order valence-corrected chi connectivity index (χ4v) is 3.55. The molecule has 0 spiro atoms. The van der Waals surface area contributed by atoms with Crippen molar-refractivity contribution in [1.82, 2.24) is 5.32 Å². The predicted molar refractivity (Wildman–Crippen MR) is 81.1 cm³/mol. The molecular weight excluding hydrogens is 329 g/mol. The molecule has 1 aromatic rings. The molecule has 0 unspecified atom stereocenters. The Hall–Kier alpha value is -0.550. The van der Waals surface area contributed by atoms with Gasteiger partial charge in [-0.2, -0.15) is 11.8 Å². The third-order valence-corrected chi connectivity index (χ3v) is 5.35. The normalized spacial score (nSPS) is 23.1. The van der Waals surface area contributed by atoms with Gasteiger partial charge in [-0.3, -0.25) is 4.79 Å². The molecule has 0 radical (unpaired) electrons. The van der Waals surface area contributed by atoms with E-state index >= 15 is 0 Å². The number of hydrogen-bond acceptors (Lipinski definition) is 2. The van der Waals surface area contributed by atoms with Gasteiger partial charge in [-0.15, -0.1) is 0 Å². The molecule has 1 amide bonds. The van der Waals surface area contributed by atoms with E-state index in [9.17, 15) is 9.18 Å². The highest BCUT2D eigenvalue weighted by molar-refractivity contribution is 9.10. The van der Waals surface area contributed by atoms with Crippen LogP contribution in [0.5, 0.6) is 0 Å². The number of nitrogens with one attached hydrogen (secondary N) is 1. The van der Waals surface area contributed by atoms with Crippen LogP contribution in [0.3, 0.4) is 0 Å². The first-order valence-corrected chi connectivity index (χ1v) is 8.47. The molecule has 0 atom stereocenters. The summed E-state index contributed by atoms with van der Waals surface area (Å²) in [7, 11) is 0.